The molecule has 1 aromatic rings. The third-order valence-electron chi connectivity index (χ3n) is 4.46. The number of pyridine rings is 1. The van der Waals surface area contributed by atoms with Crippen LogP contribution in [0.2, 0.25) is 0 Å². The zero-order chi connectivity index (χ0) is 15.8. The van der Waals surface area contributed by atoms with Crippen LogP contribution in [0.5, 0.6) is 0 Å². The molecule has 1 saturated heterocycles. The number of hydrogen-bond donors (Lipinski definition) is 1. The largest absolute Gasteiger partial charge is 0.392 e. The summed E-state index contributed by atoms with van der Waals surface area (Å²) in [6.45, 7) is 14.0. The highest BCUT2D eigenvalue weighted by Gasteiger charge is 2.32. The molecule has 4 nitrogen and oxygen atoms in total. The Bertz CT molecular complexity index is 505. The van der Waals surface area contributed by atoms with Gasteiger partial charge in [-0.3, -0.25) is 4.90 Å². The number of anilines is 1. The quantitative estimate of drug-likeness (QED) is 0.908. The van der Waals surface area contributed by atoms with Gasteiger partial charge in [0.15, 0.2) is 0 Å². The second-order valence-corrected chi connectivity index (χ2v) is 7.78. The number of aliphatic hydroxyl groups is 1. The molecule has 1 aliphatic rings. The molecule has 0 aromatic carbocycles. The number of likely N-dealkylation sites (N-methyl/N-ethyl adjacent to an activating group) is 1. The van der Waals surface area contributed by atoms with E-state index in [9.17, 15) is 5.11 Å². The first-order valence-corrected chi connectivity index (χ1v) is 7.72. The van der Waals surface area contributed by atoms with Crippen LogP contribution >= 0.6 is 0 Å². The van der Waals surface area contributed by atoms with Crippen molar-refractivity contribution in [3.63, 3.8) is 0 Å². The van der Waals surface area contributed by atoms with Crippen LogP contribution in [0.25, 0.3) is 0 Å². The fourth-order valence-electron chi connectivity index (χ4n) is 2.64. The first kappa shape index (κ1) is 16.2. The summed E-state index contributed by atoms with van der Waals surface area (Å²) in [5, 5.41) is 9.54. The predicted octanol–water partition coefficient (Wildman–Crippen LogP) is 2.40. The molecule has 0 atom stereocenters. The van der Waals surface area contributed by atoms with Crippen LogP contribution in [-0.4, -0.2) is 47.2 Å². The van der Waals surface area contributed by atoms with Gasteiger partial charge in [0.1, 0.15) is 5.82 Å². The van der Waals surface area contributed by atoms with Crippen molar-refractivity contribution in [3.8, 4) is 0 Å². The number of nitrogens with zero attached hydrogens (tertiary/aromatic N) is 3. The van der Waals surface area contributed by atoms with Crippen LogP contribution in [-0.2, 0) is 12.0 Å². The lowest BCUT2D eigenvalue weighted by molar-refractivity contribution is 0.138. The van der Waals surface area contributed by atoms with Crippen LogP contribution in [0.3, 0.4) is 0 Å². The molecule has 118 valence electrons. The first-order chi connectivity index (χ1) is 9.63. The highest BCUT2D eigenvalue weighted by atomic mass is 16.3. The van der Waals surface area contributed by atoms with Crippen molar-refractivity contribution in [1.82, 2.24) is 9.88 Å². The van der Waals surface area contributed by atoms with Gasteiger partial charge in [0.25, 0.3) is 0 Å². The molecular weight excluding hydrogens is 262 g/mol. The molecule has 0 radical (unpaired) electrons. The number of rotatable bonds is 2. The van der Waals surface area contributed by atoms with E-state index < -0.39 is 0 Å². The summed E-state index contributed by atoms with van der Waals surface area (Å²) in [6, 6.07) is 4.04. The van der Waals surface area contributed by atoms with Crippen LogP contribution in [0.15, 0.2) is 12.1 Å². The lowest BCUT2D eigenvalue weighted by Crippen LogP contribution is -2.58. The van der Waals surface area contributed by atoms with Crippen molar-refractivity contribution in [2.75, 3.05) is 31.6 Å². The predicted molar refractivity (Wildman–Crippen MR) is 87.8 cm³/mol. The Morgan fingerprint density at radius 3 is 2.43 bits per heavy atom. The van der Waals surface area contributed by atoms with Gasteiger partial charge in [-0.15, -0.1) is 0 Å². The second kappa shape index (κ2) is 5.58. The summed E-state index contributed by atoms with van der Waals surface area (Å²) in [5.41, 5.74) is 2.11. The summed E-state index contributed by atoms with van der Waals surface area (Å²) in [6.07, 6.45) is 0. The van der Waals surface area contributed by atoms with E-state index in [0.717, 1.165) is 36.7 Å². The standard InChI is InChI=1S/C17H29N3O/c1-16(2,3)14-9-13(11-21)10-15(18-14)20-8-7-19(6)17(4,5)12-20/h9-10,21H,7-8,11-12H2,1-6H3. The van der Waals surface area contributed by atoms with Crippen molar-refractivity contribution in [2.24, 2.45) is 0 Å². The molecule has 0 saturated carbocycles. The molecule has 0 aliphatic carbocycles. The van der Waals surface area contributed by atoms with Crippen molar-refractivity contribution < 1.29 is 5.11 Å². The summed E-state index contributed by atoms with van der Waals surface area (Å²) in [7, 11) is 2.18. The van der Waals surface area contributed by atoms with Gasteiger partial charge in [0, 0.05) is 36.3 Å². The molecule has 0 spiro atoms. The molecule has 1 aliphatic heterocycles. The molecule has 4 heteroatoms. The van der Waals surface area contributed by atoms with Gasteiger partial charge < -0.3 is 10.0 Å². The molecule has 2 rings (SSSR count). The smallest absolute Gasteiger partial charge is 0.129 e. The van der Waals surface area contributed by atoms with Crippen molar-refractivity contribution in [3.05, 3.63) is 23.4 Å². The molecule has 1 N–H and O–H groups in total. The van der Waals surface area contributed by atoms with Gasteiger partial charge >= 0.3 is 0 Å². The molecule has 0 bridgehead atoms. The summed E-state index contributed by atoms with van der Waals surface area (Å²) < 4.78 is 0. The minimum Gasteiger partial charge on any atom is -0.392 e. The van der Waals surface area contributed by atoms with Crippen LogP contribution in [0, 0.1) is 0 Å². The Kier molecular flexibility index (Phi) is 4.31. The minimum absolute atomic E-state index is 0.0119. The lowest BCUT2D eigenvalue weighted by Gasteiger charge is -2.46. The van der Waals surface area contributed by atoms with E-state index in [2.05, 4.69) is 51.5 Å². The number of aromatic nitrogens is 1. The molecule has 0 unspecified atom stereocenters. The maximum absolute atomic E-state index is 9.54. The number of piperazine rings is 1. The van der Waals surface area contributed by atoms with E-state index in [1.54, 1.807) is 0 Å². The summed E-state index contributed by atoms with van der Waals surface area (Å²) in [5.74, 6) is 0.993. The van der Waals surface area contributed by atoms with E-state index in [1.165, 1.54) is 0 Å². The average molecular weight is 291 g/mol. The van der Waals surface area contributed by atoms with Crippen LogP contribution in [0.1, 0.15) is 45.9 Å². The van der Waals surface area contributed by atoms with Crippen LogP contribution < -0.4 is 4.90 Å². The van der Waals surface area contributed by atoms with Gasteiger partial charge in [-0.1, -0.05) is 20.8 Å². The van der Waals surface area contributed by atoms with Crippen molar-refractivity contribution in [1.29, 1.82) is 0 Å². The normalized spacial score (nSPS) is 19.9. The molecule has 2 heterocycles. The molecule has 21 heavy (non-hydrogen) atoms. The van der Waals surface area contributed by atoms with Gasteiger partial charge in [-0.2, -0.15) is 0 Å². The number of aliphatic hydroxyl groups excluding tert-OH is 1. The third-order valence-corrected chi connectivity index (χ3v) is 4.46. The fraction of sp³-hybridized carbons (Fsp3) is 0.706. The maximum Gasteiger partial charge on any atom is 0.129 e. The maximum atomic E-state index is 9.54. The Balaban J connectivity index is 2.35. The van der Waals surface area contributed by atoms with E-state index in [4.69, 9.17) is 4.98 Å². The van der Waals surface area contributed by atoms with Gasteiger partial charge in [0.2, 0.25) is 0 Å². The zero-order valence-corrected chi connectivity index (χ0v) is 14.3. The highest BCUT2D eigenvalue weighted by molar-refractivity contribution is 5.45. The summed E-state index contributed by atoms with van der Waals surface area (Å²) in [4.78, 5) is 9.60. The highest BCUT2D eigenvalue weighted by Crippen LogP contribution is 2.28. The van der Waals surface area contributed by atoms with E-state index in [-0.39, 0.29) is 17.6 Å². The van der Waals surface area contributed by atoms with E-state index in [1.807, 2.05) is 12.1 Å². The molecule has 1 fully saturated rings. The van der Waals surface area contributed by atoms with Gasteiger partial charge in [0.05, 0.1) is 6.61 Å². The number of hydrogen-bond acceptors (Lipinski definition) is 4. The minimum atomic E-state index is -0.0119. The lowest BCUT2D eigenvalue weighted by atomic mass is 9.90. The van der Waals surface area contributed by atoms with Crippen molar-refractivity contribution >= 4 is 5.82 Å². The molecule has 0 amide bonds. The summed E-state index contributed by atoms with van der Waals surface area (Å²) >= 11 is 0. The van der Waals surface area contributed by atoms with Crippen molar-refractivity contribution in [2.45, 2.75) is 52.2 Å². The Morgan fingerprint density at radius 2 is 1.90 bits per heavy atom. The van der Waals surface area contributed by atoms with Gasteiger partial charge in [-0.25, -0.2) is 4.98 Å². The van der Waals surface area contributed by atoms with Gasteiger partial charge in [-0.05, 0) is 38.6 Å². The van der Waals surface area contributed by atoms with E-state index in [0.29, 0.717) is 0 Å². The second-order valence-electron chi connectivity index (χ2n) is 7.78. The third kappa shape index (κ3) is 3.55. The Hall–Kier alpha value is -1.13. The molecular formula is C17H29N3O. The Morgan fingerprint density at radius 1 is 1.24 bits per heavy atom. The first-order valence-electron chi connectivity index (χ1n) is 7.72. The molecule has 1 aromatic heterocycles. The Labute approximate surface area is 128 Å². The fourth-order valence-corrected chi connectivity index (χ4v) is 2.64. The average Bonchev–Trinajstić information content (AvgIpc) is 2.40. The topological polar surface area (TPSA) is 39.6 Å². The SMILES string of the molecule is CN1CCN(c2cc(CO)cc(C(C)(C)C)n2)CC1(C)C. The zero-order valence-electron chi connectivity index (χ0n) is 14.3. The monoisotopic (exact) mass is 291 g/mol. The van der Waals surface area contributed by atoms with Crippen LogP contribution in [0.4, 0.5) is 5.82 Å². The van der Waals surface area contributed by atoms with E-state index >= 15 is 0 Å².